The Hall–Kier alpha value is -1.38. The maximum atomic E-state index is 12.9. The molecule has 0 spiro atoms. The minimum absolute atomic E-state index is 0.108. The molecule has 1 unspecified atom stereocenters. The number of benzene rings is 1. The van der Waals surface area contributed by atoms with Crippen LogP contribution in [0.1, 0.15) is 36.7 Å². The highest BCUT2D eigenvalue weighted by Crippen LogP contribution is 2.11. The zero-order valence-corrected chi connectivity index (χ0v) is 10.2. The van der Waals surface area contributed by atoms with Crippen LogP contribution in [0.5, 0.6) is 0 Å². The van der Waals surface area contributed by atoms with E-state index in [4.69, 9.17) is 0 Å². The smallest absolute Gasteiger partial charge is 0.251 e. The topological polar surface area (TPSA) is 29.1 Å². The van der Waals surface area contributed by atoms with E-state index in [0.717, 1.165) is 0 Å². The average Bonchev–Trinajstić information content (AvgIpc) is 2.16. The number of rotatable bonds is 3. The molecular weight excluding hydrogens is 205 g/mol. The van der Waals surface area contributed by atoms with Crippen LogP contribution in [0.4, 0.5) is 4.39 Å². The first kappa shape index (κ1) is 12.7. The summed E-state index contributed by atoms with van der Waals surface area (Å²) in [6.07, 6.45) is 0. The van der Waals surface area contributed by atoms with Gasteiger partial charge in [0.15, 0.2) is 0 Å². The lowest BCUT2D eigenvalue weighted by atomic mass is 10.0. The first-order valence-corrected chi connectivity index (χ1v) is 5.49. The van der Waals surface area contributed by atoms with E-state index in [1.165, 1.54) is 18.2 Å². The van der Waals surface area contributed by atoms with Gasteiger partial charge in [-0.1, -0.05) is 13.8 Å². The molecule has 0 aromatic heterocycles. The van der Waals surface area contributed by atoms with Crippen molar-refractivity contribution in [1.82, 2.24) is 5.32 Å². The average molecular weight is 223 g/mol. The second-order valence-electron chi connectivity index (χ2n) is 4.47. The van der Waals surface area contributed by atoms with E-state index in [-0.39, 0.29) is 17.8 Å². The number of carbonyl (C=O) groups is 1. The molecule has 2 nitrogen and oxygen atoms in total. The summed E-state index contributed by atoms with van der Waals surface area (Å²) in [6, 6.07) is 4.31. The minimum atomic E-state index is -0.314. The Bertz CT molecular complexity index is 388. The maximum absolute atomic E-state index is 12.9. The van der Waals surface area contributed by atoms with Gasteiger partial charge in [0.25, 0.3) is 5.91 Å². The summed E-state index contributed by atoms with van der Waals surface area (Å²) in [5.41, 5.74) is 1.20. The molecular formula is C13H18FNO. The molecule has 1 amide bonds. The molecule has 1 atom stereocenters. The zero-order valence-electron chi connectivity index (χ0n) is 10.2. The number of nitrogens with one attached hydrogen (secondary N) is 1. The quantitative estimate of drug-likeness (QED) is 0.838. The van der Waals surface area contributed by atoms with Crippen LogP contribution in [0.2, 0.25) is 0 Å². The standard InChI is InChI=1S/C13H18FNO/c1-8(2)10(4)15-13(16)12-6-5-11(14)7-9(12)3/h5-8,10H,1-4H3,(H,15,16). The number of amides is 1. The fraction of sp³-hybridized carbons (Fsp3) is 0.462. The second-order valence-corrected chi connectivity index (χ2v) is 4.47. The van der Waals surface area contributed by atoms with Crippen molar-refractivity contribution >= 4 is 5.91 Å². The zero-order chi connectivity index (χ0) is 12.3. The normalized spacial score (nSPS) is 12.6. The van der Waals surface area contributed by atoms with Gasteiger partial charge in [-0.25, -0.2) is 4.39 Å². The summed E-state index contributed by atoms with van der Waals surface area (Å²) in [6.45, 7) is 7.78. The third kappa shape index (κ3) is 3.05. The van der Waals surface area contributed by atoms with E-state index >= 15 is 0 Å². The lowest BCUT2D eigenvalue weighted by Crippen LogP contribution is -2.36. The minimum Gasteiger partial charge on any atom is -0.349 e. The van der Waals surface area contributed by atoms with Crippen LogP contribution < -0.4 is 5.32 Å². The lowest BCUT2D eigenvalue weighted by molar-refractivity contribution is 0.0930. The molecule has 0 aliphatic carbocycles. The molecule has 1 rings (SSSR count). The van der Waals surface area contributed by atoms with E-state index in [0.29, 0.717) is 17.0 Å². The number of aryl methyl sites for hydroxylation is 1. The summed E-state index contributed by atoms with van der Waals surface area (Å²) < 4.78 is 12.9. The van der Waals surface area contributed by atoms with Gasteiger partial charge >= 0.3 is 0 Å². The second kappa shape index (κ2) is 5.10. The number of hydrogen-bond donors (Lipinski definition) is 1. The van der Waals surface area contributed by atoms with Crippen LogP contribution >= 0.6 is 0 Å². The number of carbonyl (C=O) groups excluding carboxylic acids is 1. The molecule has 0 aliphatic heterocycles. The Labute approximate surface area is 95.9 Å². The molecule has 1 aromatic rings. The van der Waals surface area contributed by atoms with Gasteiger partial charge in [0, 0.05) is 11.6 Å². The van der Waals surface area contributed by atoms with Gasteiger partial charge in [-0.2, -0.15) is 0 Å². The van der Waals surface area contributed by atoms with E-state index in [1.807, 2.05) is 20.8 Å². The molecule has 1 N–H and O–H groups in total. The molecule has 88 valence electrons. The molecule has 1 aromatic carbocycles. The van der Waals surface area contributed by atoms with Gasteiger partial charge in [-0.3, -0.25) is 4.79 Å². The third-order valence-corrected chi connectivity index (χ3v) is 2.79. The molecule has 0 saturated heterocycles. The Balaban J connectivity index is 2.81. The van der Waals surface area contributed by atoms with Gasteiger partial charge in [-0.15, -0.1) is 0 Å². The molecule has 0 aliphatic rings. The van der Waals surface area contributed by atoms with Crippen molar-refractivity contribution in [3.8, 4) is 0 Å². The highest BCUT2D eigenvalue weighted by atomic mass is 19.1. The van der Waals surface area contributed by atoms with Gasteiger partial charge < -0.3 is 5.32 Å². The summed E-state index contributed by atoms with van der Waals surface area (Å²) in [5.74, 6) is -0.0747. The fourth-order valence-corrected chi connectivity index (χ4v) is 1.33. The summed E-state index contributed by atoms with van der Waals surface area (Å²) in [4.78, 5) is 11.9. The van der Waals surface area contributed by atoms with Crippen molar-refractivity contribution < 1.29 is 9.18 Å². The Morgan fingerprint density at radius 1 is 1.31 bits per heavy atom. The maximum Gasteiger partial charge on any atom is 0.251 e. The largest absolute Gasteiger partial charge is 0.349 e. The predicted molar refractivity (Wildman–Crippen MR) is 62.9 cm³/mol. The number of halogens is 1. The lowest BCUT2D eigenvalue weighted by Gasteiger charge is -2.18. The van der Waals surface area contributed by atoms with Crippen molar-refractivity contribution in [1.29, 1.82) is 0 Å². The van der Waals surface area contributed by atoms with Crippen LogP contribution in [0, 0.1) is 18.7 Å². The highest BCUT2D eigenvalue weighted by Gasteiger charge is 2.14. The summed E-state index contributed by atoms with van der Waals surface area (Å²) >= 11 is 0. The predicted octanol–water partition coefficient (Wildman–Crippen LogP) is 2.91. The van der Waals surface area contributed by atoms with Gasteiger partial charge in [0.1, 0.15) is 5.82 Å². The van der Waals surface area contributed by atoms with Gasteiger partial charge in [0.2, 0.25) is 0 Å². The van der Waals surface area contributed by atoms with Crippen molar-refractivity contribution in [3.63, 3.8) is 0 Å². The molecule has 16 heavy (non-hydrogen) atoms. The molecule has 3 heteroatoms. The molecule has 0 radical (unpaired) electrons. The van der Waals surface area contributed by atoms with Crippen molar-refractivity contribution in [2.45, 2.75) is 33.7 Å². The Kier molecular flexibility index (Phi) is 4.05. The summed E-state index contributed by atoms with van der Waals surface area (Å²) in [5, 5.41) is 2.89. The van der Waals surface area contributed by atoms with Crippen molar-refractivity contribution in [2.24, 2.45) is 5.92 Å². The van der Waals surface area contributed by atoms with Crippen LogP contribution in [0.3, 0.4) is 0 Å². The van der Waals surface area contributed by atoms with E-state index in [1.54, 1.807) is 6.92 Å². The molecule has 0 heterocycles. The molecule has 0 fully saturated rings. The Morgan fingerprint density at radius 3 is 2.44 bits per heavy atom. The van der Waals surface area contributed by atoms with Crippen molar-refractivity contribution in [2.75, 3.05) is 0 Å². The van der Waals surface area contributed by atoms with Crippen LogP contribution in [0.15, 0.2) is 18.2 Å². The van der Waals surface area contributed by atoms with E-state index < -0.39 is 0 Å². The first-order valence-electron chi connectivity index (χ1n) is 5.49. The molecule has 0 bridgehead atoms. The monoisotopic (exact) mass is 223 g/mol. The molecule has 0 saturated carbocycles. The van der Waals surface area contributed by atoms with Gasteiger partial charge in [-0.05, 0) is 43.5 Å². The van der Waals surface area contributed by atoms with Crippen LogP contribution in [0.25, 0.3) is 0 Å². The fourth-order valence-electron chi connectivity index (χ4n) is 1.33. The van der Waals surface area contributed by atoms with Crippen LogP contribution in [-0.4, -0.2) is 11.9 Å². The third-order valence-electron chi connectivity index (χ3n) is 2.79. The summed E-state index contributed by atoms with van der Waals surface area (Å²) in [7, 11) is 0. The van der Waals surface area contributed by atoms with E-state index in [9.17, 15) is 9.18 Å². The number of hydrogen-bond acceptors (Lipinski definition) is 1. The van der Waals surface area contributed by atoms with Crippen LogP contribution in [-0.2, 0) is 0 Å². The van der Waals surface area contributed by atoms with Gasteiger partial charge in [0.05, 0.1) is 0 Å². The SMILES string of the molecule is Cc1cc(F)ccc1C(=O)NC(C)C(C)C. The van der Waals surface area contributed by atoms with Crippen molar-refractivity contribution in [3.05, 3.63) is 35.1 Å². The Morgan fingerprint density at radius 2 is 1.94 bits per heavy atom. The first-order chi connectivity index (χ1) is 7.41. The van der Waals surface area contributed by atoms with E-state index in [2.05, 4.69) is 5.32 Å². The highest BCUT2D eigenvalue weighted by molar-refractivity contribution is 5.95.